The summed E-state index contributed by atoms with van der Waals surface area (Å²) in [6.45, 7) is 2.41. The summed E-state index contributed by atoms with van der Waals surface area (Å²) >= 11 is 0. The van der Waals surface area contributed by atoms with Gasteiger partial charge in [0.2, 0.25) is 5.95 Å². The zero-order chi connectivity index (χ0) is 22.9. The number of nitrogens with zero attached hydrogens (tertiary/aromatic N) is 3. The molecule has 166 valence electrons. The molecule has 0 spiro atoms. The summed E-state index contributed by atoms with van der Waals surface area (Å²) in [4.78, 5) is 14.2. The highest BCUT2D eigenvalue weighted by atomic mass is 16.5. The highest BCUT2D eigenvalue weighted by Gasteiger charge is 2.08. The number of rotatable bonds is 9. The smallest absolute Gasteiger partial charge is 0.274 e. The lowest BCUT2D eigenvalue weighted by Gasteiger charge is -2.14. The molecule has 0 aliphatic rings. The topological polar surface area (TPSA) is 101 Å². The number of nitrogens with one attached hydrogen (secondary N) is 2. The summed E-state index contributed by atoms with van der Waals surface area (Å²) in [6.07, 6.45) is 1.59. The van der Waals surface area contributed by atoms with E-state index in [1.165, 1.54) is 0 Å². The van der Waals surface area contributed by atoms with Crippen molar-refractivity contribution in [1.29, 1.82) is 0 Å². The molecule has 2 N–H and O–H groups in total. The number of ether oxygens (including phenoxy) is 2. The third-order valence-electron chi connectivity index (χ3n) is 4.69. The first-order valence-corrected chi connectivity index (χ1v) is 10.4. The molecule has 1 heterocycles. The Hall–Kier alpha value is -4.46. The fourth-order valence-corrected chi connectivity index (χ4v) is 2.92. The van der Waals surface area contributed by atoms with Crippen LogP contribution in [0.15, 0.2) is 88.8 Å². The molecule has 0 bridgehead atoms. The summed E-state index contributed by atoms with van der Waals surface area (Å²) < 4.78 is 12.1. The van der Waals surface area contributed by atoms with E-state index in [9.17, 15) is 4.79 Å². The number of anilines is 1. The van der Waals surface area contributed by atoms with E-state index in [1.807, 2.05) is 78.9 Å². The van der Waals surface area contributed by atoms with Gasteiger partial charge in [-0.3, -0.25) is 9.78 Å². The van der Waals surface area contributed by atoms with Crippen LogP contribution in [0.5, 0.6) is 11.5 Å². The maximum atomic E-state index is 11.6. The highest BCUT2D eigenvalue weighted by Crippen LogP contribution is 2.29. The van der Waals surface area contributed by atoms with E-state index in [1.54, 1.807) is 13.1 Å². The van der Waals surface area contributed by atoms with E-state index in [0.29, 0.717) is 24.7 Å². The van der Waals surface area contributed by atoms with Crippen molar-refractivity contribution in [3.63, 3.8) is 0 Å². The molecule has 1 aromatic heterocycles. The molecule has 33 heavy (non-hydrogen) atoms. The monoisotopic (exact) mass is 441 g/mol. The van der Waals surface area contributed by atoms with Crippen molar-refractivity contribution < 1.29 is 9.47 Å². The molecular weight excluding hydrogens is 418 g/mol. The Bertz CT molecular complexity index is 1270. The third-order valence-corrected chi connectivity index (χ3v) is 4.69. The van der Waals surface area contributed by atoms with Crippen LogP contribution in [0.25, 0.3) is 0 Å². The summed E-state index contributed by atoms with van der Waals surface area (Å²) in [5, 5.41) is 11.7. The molecule has 0 amide bonds. The van der Waals surface area contributed by atoms with Crippen LogP contribution in [-0.4, -0.2) is 21.4 Å². The van der Waals surface area contributed by atoms with Gasteiger partial charge in [-0.25, -0.2) is 5.43 Å². The molecule has 3 aromatic carbocycles. The highest BCUT2D eigenvalue weighted by molar-refractivity contribution is 5.81. The summed E-state index contributed by atoms with van der Waals surface area (Å²) in [6, 6.07) is 25.4. The van der Waals surface area contributed by atoms with Gasteiger partial charge in [0, 0.05) is 0 Å². The third kappa shape index (κ3) is 6.27. The maximum absolute atomic E-state index is 11.6. The van der Waals surface area contributed by atoms with Gasteiger partial charge in [0.15, 0.2) is 11.5 Å². The van der Waals surface area contributed by atoms with E-state index in [-0.39, 0.29) is 17.2 Å². The molecule has 4 rings (SSSR count). The van der Waals surface area contributed by atoms with Crippen molar-refractivity contribution in [1.82, 2.24) is 15.2 Å². The largest absolute Gasteiger partial charge is 0.485 e. The first kappa shape index (κ1) is 21.8. The van der Waals surface area contributed by atoms with Gasteiger partial charge in [-0.2, -0.15) is 5.10 Å². The average Bonchev–Trinajstić information content (AvgIpc) is 2.85. The minimum Gasteiger partial charge on any atom is -0.485 e. The van der Waals surface area contributed by atoms with Gasteiger partial charge in [0.1, 0.15) is 18.9 Å². The molecule has 8 nitrogen and oxygen atoms in total. The van der Waals surface area contributed by atoms with Crippen LogP contribution in [0.4, 0.5) is 5.95 Å². The van der Waals surface area contributed by atoms with Crippen molar-refractivity contribution in [3.8, 4) is 11.5 Å². The predicted molar refractivity (Wildman–Crippen MR) is 127 cm³/mol. The van der Waals surface area contributed by atoms with Gasteiger partial charge >= 0.3 is 0 Å². The van der Waals surface area contributed by atoms with Crippen LogP contribution in [0.3, 0.4) is 0 Å². The number of hydrogen-bond donors (Lipinski definition) is 2. The zero-order valence-corrected chi connectivity index (χ0v) is 18.1. The van der Waals surface area contributed by atoms with Gasteiger partial charge in [-0.05, 0) is 41.8 Å². The molecule has 0 saturated carbocycles. The van der Waals surface area contributed by atoms with E-state index < -0.39 is 0 Å². The standard InChI is InChI=1S/C25H23N5O3/c1-18-24(31)27-25(30-28-18)29-26-15-21-12-13-22(32-16-19-8-4-2-5-9-19)23(14-21)33-17-20-10-6-3-7-11-20/h2-15H,16-17H2,1H3,(H2,27,29,30,31). The average molecular weight is 441 g/mol. The Kier molecular flexibility index (Phi) is 7.07. The maximum Gasteiger partial charge on any atom is 0.274 e. The Morgan fingerprint density at radius 3 is 2.15 bits per heavy atom. The Morgan fingerprint density at radius 1 is 0.879 bits per heavy atom. The van der Waals surface area contributed by atoms with Gasteiger partial charge < -0.3 is 9.47 Å². The Labute approximate surface area is 190 Å². The number of hydrogen-bond acceptors (Lipinski definition) is 7. The van der Waals surface area contributed by atoms with Gasteiger partial charge in [-0.1, -0.05) is 60.7 Å². The van der Waals surface area contributed by atoms with Crippen molar-refractivity contribution >= 4 is 12.2 Å². The molecule has 0 saturated heterocycles. The summed E-state index contributed by atoms with van der Waals surface area (Å²) in [7, 11) is 0. The molecule has 0 radical (unpaired) electrons. The lowest BCUT2D eigenvalue weighted by molar-refractivity contribution is 0.256. The first-order valence-electron chi connectivity index (χ1n) is 10.4. The van der Waals surface area contributed by atoms with Crippen LogP contribution in [-0.2, 0) is 13.2 Å². The normalized spacial score (nSPS) is 10.8. The second kappa shape index (κ2) is 10.7. The van der Waals surface area contributed by atoms with Crippen molar-refractivity contribution in [2.75, 3.05) is 5.43 Å². The van der Waals surface area contributed by atoms with Gasteiger partial charge in [-0.15, -0.1) is 10.2 Å². The SMILES string of the molecule is Cc1nnc(NN=Cc2ccc(OCc3ccccc3)c(OCc3ccccc3)c2)[nH]c1=O. The number of benzene rings is 3. The zero-order valence-electron chi connectivity index (χ0n) is 18.1. The van der Waals surface area contributed by atoms with Crippen LogP contribution in [0.1, 0.15) is 22.4 Å². The van der Waals surface area contributed by atoms with E-state index in [0.717, 1.165) is 16.7 Å². The van der Waals surface area contributed by atoms with Crippen LogP contribution >= 0.6 is 0 Å². The van der Waals surface area contributed by atoms with E-state index in [4.69, 9.17) is 9.47 Å². The first-order chi connectivity index (χ1) is 16.2. The number of H-pyrrole nitrogens is 1. The summed E-state index contributed by atoms with van der Waals surface area (Å²) in [5.74, 6) is 1.39. The molecule has 0 atom stereocenters. The van der Waals surface area contributed by atoms with Crippen LogP contribution in [0.2, 0.25) is 0 Å². The molecule has 4 aromatic rings. The molecule has 8 heteroatoms. The predicted octanol–water partition coefficient (Wildman–Crippen LogP) is 4.08. The van der Waals surface area contributed by atoms with E-state index in [2.05, 4.69) is 25.7 Å². The minimum atomic E-state index is -0.320. The van der Waals surface area contributed by atoms with Crippen molar-refractivity contribution in [2.45, 2.75) is 20.1 Å². The van der Waals surface area contributed by atoms with Gasteiger partial charge in [0.05, 0.1) is 6.21 Å². The fourth-order valence-electron chi connectivity index (χ4n) is 2.92. The lowest BCUT2D eigenvalue weighted by Crippen LogP contribution is -2.15. The molecule has 0 unspecified atom stereocenters. The molecule has 0 aliphatic carbocycles. The quantitative estimate of drug-likeness (QED) is 0.300. The molecular formula is C25H23N5O3. The fraction of sp³-hybridized carbons (Fsp3) is 0.120. The minimum absolute atomic E-state index is 0.158. The Balaban J connectivity index is 1.49. The number of hydrazone groups is 1. The number of aromatic amines is 1. The summed E-state index contributed by atoms with van der Waals surface area (Å²) in [5.41, 5.74) is 5.53. The van der Waals surface area contributed by atoms with Crippen molar-refractivity contribution in [2.24, 2.45) is 5.10 Å². The van der Waals surface area contributed by atoms with Crippen LogP contribution in [0, 0.1) is 6.92 Å². The van der Waals surface area contributed by atoms with E-state index >= 15 is 0 Å². The second-order valence-corrected chi connectivity index (χ2v) is 7.21. The van der Waals surface area contributed by atoms with Crippen molar-refractivity contribution in [3.05, 3.63) is 112 Å². The molecule has 0 aliphatic heterocycles. The van der Waals surface area contributed by atoms with Crippen LogP contribution < -0.4 is 20.5 Å². The molecule has 0 fully saturated rings. The van der Waals surface area contributed by atoms with Gasteiger partial charge in [0.25, 0.3) is 5.56 Å². The number of aryl methyl sites for hydroxylation is 1. The lowest BCUT2D eigenvalue weighted by atomic mass is 10.2. The second-order valence-electron chi connectivity index (χ2n) is 7.21. The number of aromatic nitrogens is 3. The Morgan fingerprint density at radius 2 is 1.52 bits per heavy atom.